The van der Waals surface area contributed by atoms with Gasteiger partial charge in [-0.1, -0.05) is 67.6 Å². The van der Waals surface area contributed by atoms with Crippen LogP contribution in [-0.4, -0.2) is 17.2 Å². The van der Waals surface area contributed by atoms with Crippen molar-refractivity contribution in [1.82, 2.24) is 5.32 Å². The van der Waals surface area contributed by atoms with Crippen molar-refractivity contribution in [2.75, 3.05) is 0 Å². The average molecular weight is 327 g/mol. The minimum absolute atomic E-state index is 0.0188. The van der Waals surface area contributed by atoms with Crippen LogP contribution in [-0.2, 0) is 9.53 Å². The molecule has 120 valence electrons. The molecule has 1 amide bonds. The van der Waals surface area contributed by atoms with Crippen molar-refractivity contribution in [1.29, 1.82) is 0 Å². The van der Waals surface area contributed by atoms with Crippen LogP contribution in [0.5, 0.6) is 0 Å². The first-order valence-corrected chi connectivity index (χ1v) is 8.14. The van der Waals surface area contributed by atoms with Gasteiger partial charge in [0.25, 0.3) is 5.17 Å². The first-order chi connectivity index (χ1) is 11.1. The molecule has 0 radical (unpaired) electrons. The van der Waals surface area contributed by atoms with E-state index in [0.29, 0.717) is 0 Å². The molecule has 1 unspecified atom stereocenters. The van der Waals surface area contributed by atoms with E-state index >= 15 is 0 Å². The molecule has 2 rings (SSSR count). The summed E-state index contributed by atoms with van der Waals surface area (Å²) in [6.45, 7) is 3.93. The second kappa shape index (κ2) is 8.44. The van der Waals surface area contributed by atoms with Crippen LogP contribution < -0.4 is 5.32 Å². The standard InChI is InChI=1S/C19H21NO2S/c1-3-14(2)22-19(23)20-18(21)17(15-10-6-4-7-11-15)16-12-8-5-9-13-16/h4-14,17H,3H2,1-2H3,(H,20,21,23). The molecule has 0 aliphatic carbocycles. The smallest absolute Gasteiger partial charge is 0.263 e. The van der Waals surface area contributed by atoms with Gasteiger partial charge in [0.1, 0.15) is 0 Å². The van der Waals surface area contributed by atoms with E-state index < -0.39 is 5.92 Å². The maximum atomic E-state index is 12.7. The van der Waals surface area contributed by atoms with E-state index in [0.717, 1.165) is 17.5 Å². The Morgan fingerprint density at radius 1 is 1.04 bits per heavy atom. The van der Waals surface area contributed by atoms with Crippen molar-refractivity contribution in [2.45, 2.75) is 32.3 Å². The largest absolute Gasteiger partial charge is 0.468 e. The van der Waals surface area contributed by atoms with Gasteiger partial charge in [-0.3, -0.25) is 10.1 Å². The molecule has 2 aromatic rings. The molecule has 0 bridgehead atoms. The highest BCUT2D eigenvalue weighted by Crippen LogP contribution is 2.24. The molecule has 0 fully saturated rings. The lowest BCUT2D eigenvalue weighted by atomic mass is 9.90. The van der Waals surface area contributed by atoms with Gasteiger partial charge in [-0.25, -0.2) is 0 Å². The molecule has 4 heteroatoms. The van der Waals surface area contributed by atoms with E-state index in [-0.39, 0.29) is 17.2 Å². The molecule has 1 atom stereocenters. The Labute approximate surface area is 142 Å². The molecule has 0 spiro atoms. The summed E-state index contributed by atoms with van der Waals surface area (Å²) in [5, 5.41) is 2.84. The maximum absolute atomic E-state index is 12.7. The molecule has 23 heavy (non-hydrogen) atoms. The van der Waals surface area contributed by atoms with Crippen molar-refractivity contribution in [3.8, 4) is 0 Å². The number of hydrogen-bond acceptors (Lipinski definition) is 3. The minimum Gasteiger partial charge on any atom is -0.468 e. The Bertz CT molecular complexity index is 603. The lowest BCUT2D eigenvalue weighted by molar-refractivity contribution is -0.120. The van der Waals surface area contributed by atoms with Gasteiger partial charge in [0.15, 0.2) is 0 Å². The molecule has 2 aromatic carbocycles. The van der Waals surface area contributed by atoms with Crippen LogP contribution in [0.4, 0.5) is 0 Å². The van der Waals surface area contributed by atoms with Crippen LogP contribution in [0.1, 0.15) is 37.3 Å². The second-order valence-electron chi connectivity index (χ2n) is 5.37. The van der Waals surface area contributed by atoms with Crippen LogP contribution in [0.25, 0.3) is 0 Å². The van der Waals surface area contributed by atoms with Gasteiger partial charge in [0.05, 0.1) is 12.0 Å². The van der Waals surface area contributed by atoms with Crippen molar-refractivity contribution in [3.63, 3.8) is 0 Å². The Balaban J connectivity index is 2.21. The fraction of sp³-hybridized carbons (Fsp3) is 0.263. The second-order valence-corrected chi connectivity index (χ2v) is 5.74. The molecule has 1 N–H and O–H groups in total. The van der Waals surface area contributed by atoms with Gasteiger partial charge in [0, 0.05) is 0 Å². The number of amides is 1. The Morgan fingerprint density at radius 3 is 1.96 bits per heavy atom. The Kier molecular flexibility index (Phi) is 6.29. The zero-order chi connectivity index (χ0) is 16.7. The summed E-state index contributed by atoms with van der Waals surface area (Å²) in [5.74, 6) is -0.605. The Hall–Kier alpha value is -2.20. The van der Waals surface area contributed by atoms with Crippen LogP contribution in [0.3, 0.4) is 0 Å². The highest BCUT2D eigenvalue weighted by Gasteiger charge is 2.23. The molecule has 0 saturated heterocycles. The summed E-state index contributed by atoms with van der Waals surface area (Å²) < 4.78 is 5.49. The molecule has 0 saturated carbocycles. The van der Waals surface area contributed by atoms with Crippen molar-refractivity contribution < 1.29 is 9.53 Å². The third-order valence-electron chi connectivity index (χ3n) is 3.64. The van der Waals surface area contributed by atoms with E-state index in [1.54, 1.807) is 0 Å². The number of rotatable bonds is 5. The zero-order valence-corrected chi connectivity index (χ0v) is 14.2. The number of benzene rings is 2. The number of carbonyl (C=O) groups excluding carboxylic acids is 1. The fourth-order valence-corrected chi connectivity index (χ4v) is 2.52. The van der Waals surface area contributed by atoms with E-state index in [1.807, 2.05) is 74.5 Å². The van der Waals surface area contributed by atoms with E-state index in [1.165, 1.54) is 0 Å². The fourth-order valence-electron chi connectivity index (χ4n) is 2.25. The van der Waals surface area contributed by atoms with Gasteiger partial charge in [-0.05, 0) is 36.7 Å². The number of carbonyl (C=O) groups is 1. The zero-order valence-electron chi connectivity index (χ0n) is 13.4. The molecule has 0 aromatic heterocycles. The lowest BCUT2D eigenvalue weighted by Crippen LogP contribution is -2.36. The molecule has 3 nitrogen and oxygen atoms in total. The predicted octanol–water partition coefficient (Wildman–Crippen LogP) is 4.03. The number of hydrogen-bond donors (Lipinski definition) is 1. The average Bonchev–Trinajstić information content (AvgIpc) is 2.56. The topological polar surface area (TPSA) is 38.3 Å². The predicted molar refractivity (Wildman–Crippen MR) is 96.3 cm³/mol. The number of nitrogens with one attached hydrogen (secondary N) is 1. The SMILES string of the molecule is CCC(C)OC(=S)NC(=O)C(c1ccccc1)c1ccccc1. The van der Waals surface area contributed by atoms with Crippen LogP contribution in [0, 0.1) is 0 Å². The monoisotopic (exact) mass is 327 g/mol. The van der Waals surface area contributed by atoms with Gasteiger partial charge in [-0.15, -0.1) is 0 Å². The summed E-state index contributed by atoms with van der Waals surface area (Å²) in [6, 6.07) is 19.3. The molecular formula is C19H21NO2S. The highest BCUT2D eigenvalue weighted by molar-refractivity contribution is 7.80. The first-order valence-electron chi connectivity index (χ1n) is 7.73. The molecule has 0 aliphatic heterocycles. The van der Waals surface area contributed by atoms with Crippen LogP contribution >= 0.6 is 12.2 Å². The van der Waals surface area contributed by atoms with E-state index in [2.05, 4.69) is 5.32 Å². The lowest BCUT2D eigenvalue weighted by Gasteiger charge is -2.19. The third kappa shape index (κ3) is 4.89. The van der Waals surface area contributed by atoms with Crippen molar-refractivity contribution in [2.24, 2.45) is 0 Å². The quantitative estimate of drug-likeness (QED) is 0.843. The van der Waals surface area contributed by atoms with Crippen LogP contribution in [0.2, 0.25) is 0 Å². The minimum atomic E-state index is -0.420. The number of thiocarbonyl (C=S) groups is 1. The summed E-state index contributed by atoms with van der Waals surface area (Å²) in [7, 11) is 0. The van der Waals surface area contributed by atoms with Gasteiger partial charge >= 0.3 is 0 Å². The summed E-state index contributed by atoms with van der Waals surface area (Å²) >= 11 is 5.14. The Morgan fingerprint density at radius 2 is 1.52 bits per heavy atom. The van der Waals surface area contributed by atoms with E-state index in [4.69, 9.17) is 17.0 Å². The van der Waals surface area contributed by atoms with Gasteiger partial charge < -0.3 is 4.74 Å². The van der Waals surface area contributed by atoms with Crippen molar-refractivity contribution in [3.05, 3.63) is 71.8 Å². The molecule has 0 heterocycles. The summed E-state index contributed by atoms with van der Waals surface area (Å²) in [6.07, 6.45) is 0.811. The third-order valence-corrected chi connectivity index (χ3v) is 3.83. The van der Waals surface area contributed by atoms with Gasteiger partial charge in [-0.2, -0.15) is 0 Å². The van der Waals surface area contributed by atoms with Crippen LogP contribution in [0.15, 0.2) is 60.7 Å². The summed E-state index contributed by atoms with van der Waals surface area (Å²) in [4.78, 5) is 12.7. The van der Waals surface area contributed by atoms with E-state index in [9.17, 15) is 4.79 Å². The number of ether oxygens (including phenoxy) is 1. The van der Waals surface area contributed by atoms with Gasteiger partial charge in [0.2, 0.25) is 5.91 Å². The summed E-state index contributed by atoms with van der Waals surface area (Å²) in [5.41, 5.74) is 1.84. The molecule has 0 aliphatic rings. The molecular weight excluding hydrogens is 306 g/mol. The maximum Gasteiger partial charge on any atom is 0.263 e. The highest BCUT2D eigenvalue weighted by atomic mass is 32.1. The van der Waals surface area contributed by atoms with Crippen molar-refractivity contribution >= 4 is 23.3 Å². The normalized spacial score (nSPS) is 11.8. The first kappa shape index (κ1) is 17.2.